The molecular formula is C30H40N2O7S. The largest absolute Gasteiger partial charge is 0.504 e. The first-order valence-corrected chi connectivity index (χ1v) is 14.6. The fourth-order valence-electron chi connectivity index (χ4n) is 4.22. The van der Waals surface area contributed by atoms with Crippen LogP contribution in [0.5, 0.6) is 11.5 Å². The van der Waals surface area contributed by atoms with Crippen LogP contribution in [0, 0.1) is 0 Å². The fraction of sp³-hybridized carbons (Fsp3) is 0.467. The first-order valence-electron chi connectivity index (χ1n) is 13.5. The zero-order chi connectivity index (χ0) is 29.3. The number of carbonyl (C=O) groups is 4. The van der Waals surface area contributed by atoms with Gasteiger partial charge in [0, 0.05) is 30.3 Å². The average Bonchev–Trinajstić information content (AvgIpc) is 2.94. The highest BCUT2D eigenvalue weighted by atomic mass is 32.2. The van der Waals surface area contributed by atoms with Gasteiger partial charge in [-0.2, -0.15) is 11.8 Å². The molecule has 9 nitrogen and oxygen atoms in total. The number of phenols is 1. The van der Waals surface area contributed by atoms with Gasteiger partial charge in [-0.1, -0.05) is 62.6 Å². The van der Waals surface area contributed by atoms with E-state index in [1.807, 2.05) is 6.07 Å². The summed E-state index contributed by atoms with van der Waals surface area (Å²) in [6.45, 7) is 2.10. The molecule has 0 aliphatic heterocycles. The highest BCUT2D eigenvalue weighted by Gasteiger charge is 2.27. The van der Waals surface area contributed by atoms with Crippen LogP contribution in [0.15, 0.2) is 48.5 Å². The average molecular weight is 573 g/mol. The number of hydrogen-bond donors (Lipinski definition) is 4. The molecule has 3 unspecified atom stereocenters. The molecule has 40 heavy (non-hydrogen) atoms. The molecule has 0 aliphatic rings. The highest BCUT2D eigenvalue weighted by molar-refractivity contribution is 8.00. The number of carboxylic acids is 1. The van der Waals surface area contributed by atoms with Gasteiger partial charge in [0.05, 0.1) is 7.11 Å². The van der Waals surface area contributed by atoms with E-state index >= 15 is 0 Å². The molecule has 0 heterocycles. The van der Waals surface area contributed by atoms with E-state index in [0.29, 0.717) is 31.4 Å². The number of thioether (sulfide) groups is 1. The molecule has 0 aliphatic carbocycles. The number of aryl methyl sites for hydroxylation is 1. The summed E-state index contributed by atoms with van der Waals surface area (Å²) in [7, 11) is 1.47. The quantitative estimate of drug-likeness (QED) is 0.138. The summed E-state index contributed by atoms with van der Waals surface area (Å²) in [6.07, 6.45) is 5.49. The van der Waals surface area contributed by atoms with E-state index in [0.717, 1.165) is 36.8 Å². The van der Waals surface area contributed by atoms with Gasteiger partial charge in [-0.25, -0.2) is 4.79 Å². The molecular weight excluding hydrogens is 532 g/mol. The molecule has 0 spiro atoms. The van der Waals surface area contributed by atoms with Gasteiger partial charge in [0.1, 0.15) is 17.9 Å². The van der Waals surface area contributed by atoms with Gasteiger partial charge in [0.15, 0.2) is 11.5 Å². The number of nitrogens with one attached hydrogen (secondary N) is 2. The van der Waals surface area contributed by atoms with Crippen molar-refractivity contribution in [2.24, 2.45) is 0 Å². The predicted molar refractivity (Wildman–Crippen MR) is 156 cm³/mol. The van der Waals surface area contributed by atoms with Gasteiger partial charge in [-0.15, -0.1) is 0 Å². The zero-order valence-corrected chi connectivity index (χ0v) is 24.0. The van der Waals surface area contributed by atoms with Crippen molar-refractivity contribution in [2.75, 3.05) is 12.9 Å². The van der Waals surface area contributed by atoms with Gasteiger partial charge in [-0.05, 0) is 36.1 Å². The van der Waals surface area contributed by atoms with Crippen LogP contribution < -0.4 is 15.4 Å². The Bertz CT molecular complexity index is 1100. The van der Waals surface area contributed by atoms with Crippen LogP contribution in [0.1, 0.15) is 56.6 Å². The van der Waals surface area contributed by atoms with E-state index in [4.69, 9.17) is 4.74 Å². The molecule has 0 fully saturated rings. The minimum atomic E-state index is -1.16. The molecule has 4 N–H and O–H groups in total. The van der Waals surface area contributed by atoms with E-state index in [9.17, 15) is 29.4 Å². The Balaban J connectivity index is 1.98. The molecule has 0 radical (unpaired) electrons. The number of ether oxygens (including phenoxy) is 1. The molecule has 0 aromatic heterocycles. The van der Waals surface area contributed by atoms with Crippen molar-refractivity contribution < 1.29 is 34.1 Å². The van der Waals surface area contributed by atoms with Gasteiger partial charge < -0.3 is 25.6 Å². The Labute approximate surface area is 240 Å². The van der Waals surface area contributed by atoms with Gasteiger partial charge in [0.25, 0.3) is 0 Å². The first-order chi connectivity index (χ1) is 19.3. The number of aromatic hydroxyl groups is 1. The second-order valence-electron chi connectivity index (χ2n) is 9.63. The van der Waals surface area contributed by atoms with Crippen LogP contribution >= 0.6 is 11.8 Å². The van der Waals surface area contributed by atoms with Gasteiger partial charge >= 0.3 is 5.97 Å². The van der Waals surface area contributed by atoms with E-state index in [1.165, 1.54) is 18.9 Å². The van der Waals surface area contributed by atoms with Crippen molar-refractivity contribution in [1.29, 1.82) is 0 Å². The lowest BCUT2D eigenvalue weighted by atomic mass is 10.0. The number of phenolic OH excluding ortho intramolecular Hbond substituents is 1. The standard InChI is InChI=1S/C30H40N2O7S/c1-3-4-6-11-24(18-23(34)14-12-22-13-15-27(35)28(17-22)39-2)40-19-26(31-20-33)29(36)32-25(30(37)38)16-21-9-7-5-8-10-21/h5,7-10,13,15,17,20,24-26,35H,3-4,6,11-12,14,16,18-19H2,1-2H3,(H,31,33)(H,32,36)(H,37,38). The fourth-order valence-corrected chi connectivity index (χ4v) is 5.57. The van der Waals surface area contributed by atoms with Crippen LogP contribution in [0.2, 0.25) is 0 Å². The molecule has 2 rings (SSSR count). The molecule has 2 amide bonds. The van der Waals surface area contributed by atoms with Crippen LogP contribution in [-0.4, -0.2) is 64.5 Å². The number of methoxy groups -OCH3 is 1. The van der Waals surface area contributed by atoms with Crippen molar-refractivity contribution >= 4 is 35.8 Å². The minimum absolute atomic E-state index is 0.0437. The van der Waals surface area contributed by atoms with Crippen molar-refractivity contribution in [3.63, 3.8) is 0 Å². The number of unbranched alkanes of at least 4 members (excludes halogenated alkanes) is 2. The van der Waals surface area contributed by atoms with Crippen molar-refractivity contribution in [3.05, 3.63) is 59.7 Å². The predicted octanol–water partition coefficient (Wildman–Crippen LogP) is 3.90. The summed E-state index contributed by atoms with van der Waals surface area (Å²) < 4.78 is 5.14. The molecule has 2 aromatic rings. The molecule has 0 bridgehead atoms. The van der Waals surface area contributed by atoms with Crippen LogP contribution in [-0.2, 0) is 32.0 Å². The maximum absolute atomic E-state index is 13.0. The van der Waals surface area contributed by atoms with Gasteiger partial charge in [0.2, 0.25) is 12.3 Å². The Kier molecular flexibility index (Phi) is 14.7. The van der Waals surface area contributed by atoms with Crippen molar-refractivity contribution in [3.8, 4) is 11.5 Å². The van der Waals surface area contributed by atoms with Crippen LogP contribution in [0.3, 0.4) is 0 Å². The number of rotatable bonds is 20. The Hall–Kier alpha value is -3.53. The lowest BCUT2D eigenvalue weighted by Gasteiger charge is -2.22. The Morgan fingerprint density at radius 3 is 2.45 bits per heavy atom. The normalized spacial score (nSPS) is 13.1. The third kappa shape index (κ3) is 11.7. The summed E-state index contributed by atoms with van der Waals surface area (Å²) in [6, 6.07) is 11.9. The topological polar surface area (TPSA) is 142 Å². The van der Waals surface area contributed by atoms with E-state index in [2.05, 4.69) is 17.6 Å². The summed E-state index contributed by atoms with van der Waals surface area (Å²) in [4.78, 5) is 48.9. The van der Waals surface area contributed by atoms with E-state index < -0.39 is 24.0 Å². The minimum Gasteiger partial charge on any atom is -0.504 e. The molecule has 218 valence electrons. The number of ketones is 1. The second-order valence-corrected chi connectivity index (χ2v) is 11.0. The van der Waals surface area contributed by atoms with Crippen molar-refractivity contribution in [2.45, 2.75) is 75.6 Å². The van der Waals surface area contributed by atoms with Crippen LogP contribution in [0.25, 0.3) is 0 Å². The monoisotopic (exact) mass is 572 g/mol. The Morgan fingerprint density at radius 2 is 1.80 bits per heavy atom. The zero-order valence-electron chi connectivity index (χ0n) is 23.1. The number of hydrogen-bond acceptors (Lipinski definition) is 7. The number of benzene rings is 2. The number of amides is 2. The van der Waals surface area contributed by atoms with E-state index in [1.54, 1.807) is 42.5 Å². The third-order valence-electron chi connectivity index (χ3n) is 6.50. The lowest BCUT2D eigenvalue weighted by molar-refractivity contribution is -0.142. The lowest BCUT2D eigenvalue weighted by Crippen LogP contribution is -2.51. The number of Topliss-reactive ketones (excluding diaryl/α,β-unsaturated/α-hetero) is 1. The summed E-state index contributed by atoms with van der Waals surface area (Å²) in [5.41, 5.74) is 1.65. The van der Waals surface area contributed by atoms with E-state index in [-0.39, 0.29) is 29.0 Å². The maximum atomic E-state index is 13.0. The molecule has 0 saturated heterocycles. The smallest absolute Gasteiger partial charge is 0.326 e. The Morgan fingerprint density at radius 1 is 1.05 bits per heavy atom. The molecule has 3 atom stereocenters. The summed E-state index contributed by atoms with van der Waals surface area (Å²) in [5.74, 6) is -1.05. The first kappa shape index (κ1) is 32.7. The number of carbonyl (C=O) groups excluding carboxylic acids is 3. The number of carboxylic acid groups (broad SMARTS) is 1. The van der Waals surface area contributed by atoms with Gasteiger partial charge in [-0.3, -0.25) is 14.4 Å². The molecule has 10 heteroatoms. The highest BCUT2D eigenvalue weighted by Crippen LogP contribution is 2.27. The van der Waals surface area contributed by atoms with Crippen molar-refractivity contribution in [1.82, 2.24) is 10.6 Å². The summed E-state index contributed by atoms with van der Waals surface area (Å²) >= 11 is 1.44. The SMILES string of the molecule is CCCCCC(CC(=O)CCc1ccc(O)c(OC)c1)SCC(NC=O)C(=O)NC(Cc1ccccc1)C(=O)O. The molecule has 2 aromatic carbocycles. The molecule has 0 saturated carbocycles. The number of aliphatic carboxylic acids is 1. The third-order valence-corrected chi connectivity index (χ3v) is 7.90. The van der Waals surface area contributed by atoms with Crippen LogP contribution in [0.4, 0.5) is 0 Å². The second kappa shape index (κ2) is 17.9. The maximum Gasteiger partial charge on any atom is 0.326 e. The summed E-state index contributed by atoms with van der Waals surface area (Å²) in [5, 5.41) is 24.4.